The standard InChI is InChI=1S/C25H32NOS/c1-19-10-15-22(24-8-6-9-25(27-24)28-2)18-23(19)17-21-13-11-20(12-14-21)7-4-3-5-16-26/h6,8-15,18,24-25H,3-5,7,16-17,26H2,1-2H3/t24-,25+/m0/s1. The zero-order valence-electron chi connectivity index (χ0n) is 17.1. The molecule has 0 spiro atoms. The Morgan fingerprint density at radius 2 is 1.75 bits per heavy atom. The van der Waals surface area contributed by atoms with E-state index in [0.29, 0.717) is 0 Å². The van der Waals surface area contributed by atoms with Gasteiger partial charge in [0.05, 0.1) is 6.10 Å². The molecule has 28 heavy (non-hydrogen) atoms. The minimum atomic E-state index is 0.0395. The van der Waals surface area contributed by atoms with E-state index in [1.54, 1.807) is 11.8 Å². The fourth-order valence-corrected chi connectivity index (χ4v) is 4.05. The summed E-state index contributed by atoms with van der Waals surface area (Å²) in [5, 5.41) is 0. The van der Waals surface area contributed by atoms with Crippen molar-refractivity contribution in [2.45, 2.75) is 50.6 Å². The maximum absolute atomic E-state index is 6.15. The van der Waals surface area contributed by atoms with Crippen molar-refractivity contribution < 1.29 is 4.74 Å². The van der Waals surface area contributed by atoms with Gasteiger partial charge in [-0.05, 0) is 86.1 Å². The molecule has 3 heteroatoms. The van der Waals surface area contributed by atoms with Crippen molar-refractivity contribution >= 4 is 11.8 Å². The van der Waals surface area contributed by atoms with Crippen molar-refractivity contribution in [2.75, 3.05) is 12.8 Å². The number of hydrogen-bond acceptors (Lipinski definition) is 3. The lowest BCUT2D eigenvalue weighted by Gasteiger charge is -2.29. The average molecular weight is 395 g/mol. The molecule has 1 saturated heterocycles. The number of benzene rings is 2. The molecule has 0 aliphatic carbocycles. The Morgan fingerprint density at radius 3 is 2.50 bits per heavy atom. The summed E-state index contributed by atoms with van der Waals surface area (Å²) in [6.07, 6.45) is 14.2. The zero-order valence-corrected chi connectivity index (χ0v) is 17.9. The van der Waals surface area contributed by atoms with Crippen LogP contribution >= 0.6 is 11.8 Å². The molecule has 2 aromatic carbocycles. The van der Waals surface area contributed by atoms with Crippen LogP contribution in [0.25, 0.3) is 0 Å². The van der Waals surface area contributed by atoms with E-state index in [1.165, 1.54) is 40.7 Å². The van der Waals surface area contributed by atoms with Crippen LogP contribution in [0.4, 0.5) is 0 Å². The smallest absolute Gasteiger partial charge is 0.107 e. The highest BCUT2D eigenvalue weighted by Crippen LogP contribution is 2.34. The van der Waals surface area contributed by atoms with E-state index in [2.05, 4.69) is 74.9 Å². The predicted molar refractivity (Wildman–Crippen MR) is 121 cm³/mol. The Kier molecular flexibility index (Phi) is 8.44. The summed E-state index contributed by atoms with van der Waals surface area (Å²) < 4.78 is 6.15. The van der Waals surface area contributed by atoms with Crippen molar-refractivity contribution in [1.82, 2.24) is 0 Å². The van der Waals surface area contributed by atoms with E-state index in [9.17, 15) is 0 Å². The third-order valence-corrected chi connectivity index (χ3v) is 6.09. The average Bonchev–Trinajstić information content (AvgIpc) is 2.74. The number of hydrogen-bond donors (Lipinski definition) is 1. The van der Waals surface area contributed by atoms with Crippen LogP contribution < -0.4 is 5.73 Å². The molecule has 3 rings (SSSR count). The first-order chi connectivity index (χ1) is 13.7. The molecule has 0 aromatic heterocycles. The monoisotopic (exact) mass is 394 g/mol. The first kappa shape index (κ1) is 21.4. The number of nitrogens with two attached hydrogens (primary N) is 1. The normalized spacial score (nSPS) is 19.7. The van der Waals surface area contributed by atoms with E-state index in [4.69, 9.17) is 10.5 Å². The Labute approximate surface area is 175 Å². The molecule has 2 nitrogen and oxygen atoms in total. The number of rotatable bonds is 9. The van der Waals surface area contributed by atoms with E-state index in [1.807, 2.05) is 0 Å². The van der Waals surface area contributed by atoms with Gasteiger partial charge in [0.25, 0.3) is 0 Å². The Bertz CT molecular complexity index is 728. The highest BCUT2D eigenvalue weighted by atomic mass is 32.2. The van der Waals surface area contributed by atoms with Crippen molar-refractivity contribution in [3.05, 3.63) is 89.5 Å². The highest BCUT2D eigenvalue weighted by molar-refractivity contribution is 7.99. The molecule has 0 bridgehead atoms. The summed E-state index contributed by atoms with van der Waals surface area (Å²) in [7, 11) is 0. The van der Waals surface area contributed by atoms with Crippen LogP contribution in [0.3, 0.4) is 0 Å². The second-order valence-corrected chi connectivity index (χ2v) is 8.45. The van der Waals surface area contributed by atoms with Crippen molar-refractivity contribution in [2.24, 2.45) is 5.73 Å². The van der Waals surface area contributed by atoms with Gasteiger partial charge in [0.15, 0.2) is 0 Å². The minimum absolute atomic E-state index is 0.0395. The molecule has 1 heterocycles. The third kappa shape index (κ3) is 6.10. The molecular weight excluding hydrogens is 362 g/mol. The molecule has 2 atom stereocenters. The van der Waals surface area contributed by atoms with Gasteiger partial charge in [0.1, 0.15) is 5.44 Å². The summed E-state index contributed by atoms with van der Waals surface area (Å²) in [6.45, 7) is 3.00. The van der Waals surface area contributed by atoms with Gasteiger partial charge in [-0.15, -0.1) is 11.8 Å². The van der Waals surface area contributed by atoms with Gasteiger partial charge < -0.3 is 10.5 Å². The Hall–Kier alpha value is -1.29. The molecule has 0 unspecified atom stereocenters. The highest BCUT2D eigenvalue weighted by Gasteiger charge is 2.24. The molecule has 0 amide bonds. The number of unbranched alkanes of at least 4 members (excludes halogenated alkanes) is 2. The topological polar surface area (TPSA) is 35.2 Å². The molecule has 149 valence electrons. The van der Waals surface area contributed by atoms with E-state index in [-0.39, 0.29) is 11.5 Å². The summed E-state index contributed by atoms with van der Waals surface area (Å²) in [5.41, 5.74) is 12.4. The van der Waals surface area contributed by atoms with Gasteiger partial charge in [-0.25, -0.2) is 0 Å². The molecule has 1 aliphatic rings. The van der Waals surface area contributed by atoms with Crippen LogP contribution in [0.1, 0.15) is 53.2 Å². The van der Waals surface area contributed by atoms with E-state index in [0.717, 1.165) is 25.8 Å². The Morgan fingerprint density at radius 1 is 0.964 bits per heavy atom. The fraction of sp³-hybridized carbons (Fsp3) is 0.400. The molecule has 2 N–H and O–H groups in total. The summed E-state index contributed by atoms with van der Waals surface area (Å²) >= 11 is 1.73. The molecule has 3 radical (unpaired) electrons. The molecule has 1 aliphatic heterocycles. The van der Waals surface area contributed by atoms with Crippen LogP contribution in [0.5, 0.6) is 0 Å². The van der Waals surface area contributed by atoms with Crippen LogP contribution in [0.15, 0.2) is 42.5 Å². The molecule has 0 saturated carbocycles. The van der Waals surface area contributed by atoms with Crippen LogP contribution in [0.2, 0.25) is 0 Å². The first-order valence-corrected chi connectivity index (χ1v) is 11.6. The second kappa shape index (κ2) is 11.0. The van der Waals surface area contributed by atoms with Crippen molar-refractivity contribution in [3.8, 4) is 0 Å². The Balaban J connectivity index is 1.63. The van der Waals surface area contributed by atoms with Crippen molar-refractivity contribution in [1.29, 1.82) is 0 Å². The molecule has 2 aromatic rings. The van der Waals surface area contributed by atoms with Crippen molar-refractivity contribution in [3.63, 3.8) is 0 Å². The van der Waals surface area contributed by atoms with Gasteiger partial charge in [0.2, 0.25) is 0 Å². The molecule has 1 fully saturated rings. The number of aryl methyl sites for hydroxylation is 2. The van der Waals surface area contributed by atoms with Gasteiger partial charge >= 0.3 is 0 Å². The van der Waals surface area contributed by atoms with E-state index >= 15 is 0 Å². The maximum atomic E-state index is 6.15. The SMILES string of the molecule is CS[C@@H]1[CH][CH][CH][C@@H](c2ccc(C)c(Cc3ccc(CCCCCN)cc3)c2)O1. The lowest BCUT2D eigenvalue weighted by molar-refractivity contribution is 0.0620. The summed E-state index contributed by atoms with van der Waals surface area (Å²) in [4.78, 5) is 0. The summed E-state index contributed by atoms with van der Waals surface area (Å²) in [5.74, 6) is 0. The largest absolute Gasteiger partial charge is 0.359 e. The van der Waals surface area contributed by atoms with Gasteiger partial charge in [-0.1, -0.05) is 48.9 Å². The van der Waals surface area contributed by atoms with E-state index < -0.39 is 0 Å². The third-order valence-electron chi connectivity index (χ3n) is 5.36. The first-order valence-electron chi connectivity index (χ1n) is 10.3. The lowest BCUT2D eigenvalue weighted by atomic mass is 9.93. The number of thioether (sulfide) groups is 1. The van der Waals surface area contributed by atoms with Gasteiger partial charge in [-0.2, -0.15) is 0 Å². The fourth-order valence-electron chi connectivity index (χ4n) is 3.57. The molecular formula is C25H32NOS. The van der Waals surface area contributed by atoms with Gasteiger partial charge in [-0.3, -0.25) is 0 Å². The van der Waals surface area contributed by atoms with Crippen LogP contribution in [-0.2, 0) is 17.6 Å². The maximum Gasteiger partial charge on any atom is 0.107 e. The number of ether oxygens (including phenoxy) is 1. The zero-order chi connectivity index (χ0) is 19.8. The lowest BCUT2D eigenvalue weighted by Crippen LogP contribution is -2.21. The van der Waals surface area contributed by atoms with Crippen LogP contribution in [-0.4, -0.2) is 18.2 Å². The quantitative estimate of drug-likeness (QED) is 0.560. The van der Waals surface area contributed by atoms with Gasteiger partial charge in [0, 0.05) is 6.42 Å². The predicted octanol–water partition coefficient (Wildman–Crippen LogP) is 5.63. The minimum Gasteiger partial charge on any atom is -0.359 e. The van der Waals surface area contributed by atoms with Crippen LogP contribution in [0, 0.1) is 26.2 Å². The second-order valence-electron chi connectivity index (χ2n) is 7.52. The summed E-state index contributed by atoms with van der Waals surface area (Å²) in [6, 6.07) is 15.8.